The molecule has 2 heterocycles. The molecular formula is C15H17N3O3. The Morgan fingerprint density at radius 2 is 2.33 bits per heavy atom. The topological polar surface area (TPSA) is 77.3 Å². The van der Waals surface area contributed by atoms with Crippen molar-refractivity contribution in [1.29, 1.82) is 0 Å². The fourth-order valence-corrected chi connectivity index (χ4v) is 2.77. The van der Waals surface area contributed by atoms with Gasteiger partial charge in [0.1, 0.15) is 5.52 Å². The molecular weight excluding hydrogens is 270 g/mol. The minimum absolute atomic E-state index is 0.0286. The summed E-state index contributed by atoms with van der Waals surface area (Å²) in [7, 11) is 0. The molecule has 0 aliphatic carbocycles. The molecule has 6 heteroatoms. The first-order valence-electron chi connectivity index (χ1n) is 7.07. The third-order valence-electron chi connectivity index (χ3n) is 3.85. The van der Waals surface area contributed by atoms with Gasteiger partial charge in [0.05, 0.1) is 11.0 Å². The molecule has 110 valence electrons. The first-order chi connectivity index (χ1) is 10.2. The number of fused-ring (bicyclic) bond motifs is 1. The molecule has 1 fully saturated rings. The van der Waals surface area contributed by atoms with Crippen molar-refractivity contribution in [2.45, 2.75) is 31.9 Å². The Kier molecular flexibility index (Phi) is 3.70. The normalized spacial score (nSPS) is 19.6. The number of hydrogen-bond acceptors (Lipinski definition) is 5. The van der Waals surface area contributed by atoms with Crippen molar-refractivity contribution in [3.05, 3.63) is 40.6 Å². The molecule has 1 N–H and O–H groups in total. The Morgan fingerprint density at radius 1 is 1.48 bits per heavy atom. The number of rotatable bonds is 4. The van der Waals surface area contributed by atoms with E-state index in [0.717, 1.165) is 30.5 Å². The van der Waals surface area contributed by atoms with E-state index in [2.05, 4.69) is 17.2 Å². The van der Waals surface area contributed by atoms with Gasteiger partial charge in [0, 0.05) is 36.0 Å². The SMILES string of the molecule is CC(Nc1ccc([N+](=O)[O-])c2ncccc12)C1CCCO1. The summed E-state index contributed by atoms with van der Waals surface area (Å²) >= 11 is 0. The minimum atomic E-state index is -0.400. The molecule has 3 rings (SSSR count). The lowest BCUT2D eigenvalue weighted by molar-refractivity contribution is -0.383. The van der Waals surface area contributed by atoms with Crippen LogP contribution < -0.4 is 5.32 Å². The minimum Gasteiger partial charge on any atom is -0.379 e. The van der Waals surface area contributed by atoms with Crippen molar-refractivity contribution in [3.63, 3.8) is 0 Å². The van der Waals surface area contributed by atoms with E-state index in [0.29, 0.717) is 5.52 Å². The van der Waals surface area contributed by atoms with E-state index in [1.807, 2.05) is 6.07 Å². The molecule has 1 saturated heterocycles. The smallest absolute Gasteiger partial charge is 0.295 e. The number of nitrogens with zero attached hydrogens (tertiary/aromatic N) is 2. The molecule has 0 bridgehead atoms. The van der Waals surface area contributed by atoms with E-state index in [9.17, 15) is 10.1 Å². The van der Waals surface area contributed by atoms with Crippen LogP contribution in [0.15, 0.2) is 30.5 Å². The average molecular weight is 287 g/mol. The molecule has 0 spiro atoms. The van der Waals surface area contributed by atoms with Crippen molar-refractivity contribution in [1.82, 2.24) is 4.98 Å². The van der Waals surface area contributed by atoms with E-state index in [4.69, 9.17) is 4.74 Å². The quantitative estimate of drug-likeness (QED) is 0.690. The first kappa shape index (κ1) is 13.8. The molecule has 2 unspecified atom stereocenters. The maximum atomic E-state index is 11.1. The summed E-state index contributed by atoms with van der Waals surface area (Å²) in [6, 6.07) is 7.03. The summed E-state index contributed by atoms with van der Waals surface area (Å²) in [5, 5.41) is 15.2. The Labute approximate surface area is 122 Å². The van der Waals surface area contributed by atoms with Gasteiger partial charge in [-0.15, -0.1) is 0 Å². The molecule has 1 aliphatic heterocycles. The number of aromatic nitrogens is 1. The van der Waals surface area contributed by atoms with E-state index < -0.39 is 4.92 Å². The number of anilines is 1. The second-order valence-electron chi connectivity index (χ2n) is 5.27. The van der Waals surface area contributed by atoms with Crippen LogP contribution in [0.4, 0.5) is 11.4 Å². The van der Waals surface area contributed by atoms with E-state index in [1.54, 1.807) is 18.3 Å². The Hall–Kier alpha value is -2.21. The molecule has 0 radical (unpaired) electrons. The highest BCUT2D eigenvalue weighted by Gasteiger charge is 2.23. The second kappa shape index (κ2) is 5.65. The predicted molar refractivity (Wildman–Crippen MR) is 80.5 cm³/mol. The number of non-ortho nitro benzene ring substituents is 1. The highest BCUT2D eigenvalue weighted by molar-refractivity contribution is 5.96. The third kappa shape index (κ3) is 2.67. The van der Waals surface area contributed by atoms with Gasteiger partial charge in [-0.2, -0.15) is 0 Å². The van der Waals surface area contributed by atoms with Gasteiger partial charge < -0.3 is 10.1 Å². The molecule has 0 saturated carbocycles. The molecule has 1 aliphatic rings. The number of ether oxygens (including phenoxy) is 1. The van der Waals surface area contributed by atoms with Crippen molar-refractivity contribution in [3.8, 4) is 0 Å². The van der Waals surface area contributed by atoms with Gasteiger partial charge in [0.2, 0.25) is 0 Å². The lowest BCUT2D eigenvalue weighted by Crippen LogP contribution is -2.30. The predicted octanol–water partition coefficient (Wildman–Crippen LogP) is 3.12. The monoisotopic (exact) mass is 287 g/mol. The highest BCUT2D eigenvalue weighted by Crippen LogP contribution is 2.31. The molecule has 21 heavy (non-hydrogen) atoms. The van der Waals surface area contributed by atoms with Crippen LogP contribution in [-0.2, 0) is 4.74 Å². The highest BCUT2D eigenvalue weighted by atomic mass is 16.6. The van der Waals surface area contributed by atoms with E-state index in [-0.39, 0.29) is 17.8 Å². The lowest BCUT2D eigenvalue weighted by Gasteiger charge is -2.22. The van der Waals surface area contributed by atoms with Crippen LogP contribution in [0.3, 0.4) is 0 Å². The van der Waals surface area contributed by atoms with Crippen LogP contribution in [0.1, 0.15) is 19.8 Å². The third-order valence-corrected chi connectivity index (χ3v) is 3.85. The van der Waals surface area contributed by atoms with Gasteiger partial charge in [-0.05, 0) is 38.0 Å². The van der Waals surface area contributed by atoms with Crippen LogP contribution in [0.2, 0.25) is 0 Å². The summed E-state index contributed by atoms with van der Waals surface area (Å²) < 4.78 is 5.67. The zero-order chi connectivity index (χ0) is 14.8. The van der Waals surface area contributed by atoms with E-state index >= 15 is 0 Å². The Morgan fingerprint density at radius 3 is 3.05 bits per heavy atom. The second-order valence-corrected chi connectivity index (χ2v) is 5.27. The standard InChI is InChI=1S/C15H17N3O3/c1-10(14-5-3-9-21-14)17-12-6-7-13(18(19)20)15-11(12)4-2-8-16-15/h2,4,6-8,10,14,17H,3,5,9H2,1H3. The van der Waals surface area contributed by atoms with Gasteiger partial charge in [0.15, 0.2) is 0 Å². The van der Waals surface area contributed by atoms with Gasteiger partial charge in [-0.1, -0.05) is 0 Å². The van der Waals surface area contributed by atoms with Gasteiger partial charge in [-0.3, -0.25) is 10.1 Å². The summed E-state index contributed by atoms with van der Waals surface area (Å²) in [6.45, 7) is 2.87. The maximum absolute atomic E-state index is 11.1. The lowest BCUT2D eigenvalue weighted by atomic mass is 10.1. The Balaban J connectivity index is 1.95. The summed E-state index contributed by atoms with van der Waals surface area (Å²) in [4.78, 5) is 14.8. The fraction of sp³-hybridized carbons (Fsp3) is 0.400. The van der Waals surface area contributed by atoms with Crippen LogP contribution >= 0.6 is 0 Å². The molecule has 1 aromatic heterocycles. The van der Waals surface area contributed by atoms with Crippen molar-refractivity contribution >= 4 is 22.3 Å². The van der Waals surface area contributed by atoms with E-state index in [1.165, 1.54) is 6.07 Å². The molecule has 2 atom stereocenters. The van der Waals surface area contributed by atoms with Gasteiger partial charge in [0.25, 0.3) is 5.69 Å². The number of hydrogen-bond donors (Lipinski definition) is 1. The molecule has 6 nitrogen and oxygen atoms in total. The molecule has 0 amide bonds. The Bertz CT molecular complexity index is 668. The van der Waals surface area contributed by atoms with Crippen LogP contribution in [0.25, 0.3) is 10.9 Å². The van der Waals surface area contributed by atoms with Crippen LogP contribution in [0.5, 0.6) is 0 Å². The average Bonchev–Trinajstić information content (AvgIpc) is 3.01. The number of pyridine rings is 1. The zero-order valence-electron chi connectivity index (χ0n) is 11.8. The van der Waals surface area contributed by atoms with Crippen molar-refractivity contribution in [2.24, 2.45) is 0 Å². The number of nitrogens with one attached hydrogen (secondary N) is 1. The number of nitro groups is 1. The van der Waals surface area contributed by atoms with Gasteiger partial charge in [-0.25, -0.2) is 4.98 Å². The summed E-state index contributed by atoms with van der Waals surface area (Å²) in [5.41, 5.74) is 1.29. The first-order valence-corrected chi connectivity index (χ1v) is 7.07. The zero-order valence-corrected chi connectivity index (χ0v) is 11.8. The van der Waals surface area contributed by atoms with Crippen LogP contribution in [-0.4, -0.2) is 28.7 Å². The molecule has 1 aromatic carbocycles. The summed E-state index contributed by atoms with van der Waals surface area (Å²) in [5.74, 6) is 0. The van der Waals surface area contributed by atoms with Gasteiger partial charge >= 0.3 is 0 Å². The van der Waals surface area contributed by atoms with Crippen molar-refractivity contribution in [2.75, 3.05) is 11.9 Å². The fourth-order valence-electron chi connectivity index (χ4n) is 2.77. The summed E-state index contributed by atoms with van der Waals surface area (Å²) in [6.07, 6.45) is 3.88. The van der Waals surface area contributed by atoms with Crippen molar-refractivity contribution < 1.29 is 9.66 Å². The maximum Gasteiger partial charge on any atom is 0.295 e. The van der Waals surface area contributed by atoms with Crippen LogP contribution in [0, 0.1) is 10.1 Å². The molecule has 2 aromatic rings. The number of nitro benzene ring substituents is 1. The number of benzene rings is 1. The largest absolute Gasteiger partial charge is 0.379 e.